The summed E-state index contributed by atoms with van der Waals surface area (Å²) < 4.78 is 4.92. The summed E-state index contributed by atoms with van der Waals surface area (Å²) in [5, 5.41) is 2.25. The largest absolute Gasteiger partial charge is 0.461 e. The summed E-state index contributed by atoms with van der Waals surface area (Å²) >= 11 is 5.98. The summed E-state index contributed by atoms with van der Waals surface area (Å²) in [6.07, 6.45) is 1.71. The molecule has 0 fully saturated rings. The molecule has 0 spiro atoms. The van der Waals surface area contributed by atoms with Crippen LogP contribution in [0, 0.1) is 0 Å². The number of ether oxygens (including phenoxy) is 1. The van der Waals surface area contributed by atoms with Gasteiger partial charge in [0, 0.05) is 22.0 Å². The second-order valence-electron chi connectivity index (χ2n) is 3.09. The first-order chi connectivity index (χ1) is 7.24. The van der Waals surface area contributed by atoms with E-state index in [9.17, 15) is 4.79 Å². The highest BCUT2D eigenvalue weighted by atomic mass is 35.5. The SMILES string of the molecule is CCOC(=O)c1[nH]cc2c(Cl)cccc12. The summed E-state index contributed by atoms with van der Waals surface area (Å²) in [4.78, 5) is 14.4. The highest BCUT2D eigenvalue weighted by Gasteiger charge is 2.13. The van der Waals surface area contributed by atoms with E-state index >= 15 is 0 Å². The molecule has 1 aromatic carbocycles. The number of aromatic nitrogens is 1. The van der Waals surface area contributed by atoms with E-state index < -0.39 is 0 Å². The van der Waals surface area contributed by atoms with E-state index in [0.29, 0.717) is 17.3 Å². The van der Waals surface area contributed by atoms with Gasteiger partial charge < -0.3 is 9.72 Å². The molecule has 0 amide bonds. The van der Waals surface area contributed by atoms with Gasteiger partial charge in [-0.3, -0.25) is 0 Å². The molecule has 0 aliphatic carbocycles. The Labute approximate surface area is 92.0 Å². The van der Waals surface area contributed by atoms with Crippen LogP contribution in [0.4, 0.5) is 0 Å². The molecule has 1 N–H and O–H groups in total. The van der Waals surface area contributed by atoms with E-state index in [1.807, 2.05) is 6.07 Å². The highest BCUT2D eigenvalue weighted by Crippen LogP contribution is 2.25. The molecule has 2 aromatic rings. The maximum Gasteiger partial charge on any atom is 0.355 e. The normalized spacial score (nSPS) is 10.5. The summed E-state index contributed by atoms with van der Waals surface area (Å²) in [6.45, 7) is 2.13. The fraction of sp³-hybridized carbons (Fsp3) is 0.182. The van der Waals surface area contributed by atoms with Crippen molar-refractivity contribution in [3.63, 3.8) is 0 Å². The second-order valence-corrected chi connectivity index (χ2v) is 3.49. The lowest BCUT2D eigenvalue weighted by Crippen LogP contribution is -2.05. The summed E-state index contributed by atoms with van der Waals surface area (Å²) in [7, 11) is 0. The Hall–Kier alpha value is -1.48. The van der Waals surface area contributed by atoms with Crippen molar-refractivity contribution >= 4 is 28.3 Å². The third-order valence-electron chi connectivity index (χ3n) is 2.16. The summed E-state index contributed by atoms with van der Waals surface area (Å²) in [5.41, 5.74) is 0.453. The highest BCUT2D eigenvalue weighted by molar-refractivity contribution is 6.36. The topological polar surface area (TPSA) is 42.1 Å². The molecule has 4 heteroatoms. The van der Waals surface area contributed by atoms with Crippen molar-refractivity contribution in [2.75, 3.05) is 6.61 Å². The van der Waals surface area contributed by atoms with Crippen LogP contribution in [0.1, 0.15) is 17.4 Å². The van der Waals surface area contributed by atoms with Gasteiger partial charge in [0.25, 0.3) is 0 Å². The van der Waals surface area contributed by atoms with E-state index in [0.717, 1.165) is 10.8 Å². The summed E-state index contributed by atoms with van der Waals surface area (Å²) in [5.74, 6) is -0.352. The standard InChI is InChI=1S/C11H10ClNO2/c1-2-15-11(14)10-7-4-3-5-9(12)8(7)6-13-10/h3-6,13H,2H2,1H3. The van der Waals surface area contributed by atoms with Crippen LogP contribution in [-0.2, 0) is 4.74 Å². The third kappa shape index (κ3) is 1.70. The van der Waals surface area contributed by atoms with Crippen molar-refractivity contribution < 1.29 is 9.53 Å². The van der Waals surface area contributed by atoms with Crippen molar-refractivity contribution in [2.45, 2.75) is 6.92 Å². The molecule has 3 nitrogen and oxygen atoms in total. The van der Waals surface area contributed by atoms with Crippen LogP contribution in [0.5, 0.6) is 0 Å². The maximum absolute atomic E-state index is 11.5. The molecule has 1 aromatic heterocycles. The molecule has 1 heterocycles. The van der Waals surface area contributed by atoms with Crippen LogP contribution in [0.2, 0.25) is 5.02 Å². The van der Waals surface area contributed by atoms with Gasteiger partial charge in [-0.1, -0.05) is 23.7 Å². The number of aromatic amines is 1. The lowest BCUT2D eigenvalue weighted by atomic mass is 10.2. The van der Waals surface area contributed by atoms with E-state index in [1.165, 1.54) is 0 Å². The number of esters is 1. The van der Waals surface area contributed by atoms with Crippen molar-refractivity contribution in [1.29, 1.82) is 0 Å². The van der Waals surface area contributed by atoms with Crippen LogP contribution in [0.3, 0.4) is 0 Å². The van der Waals surface area contributed by atoms with Crippen molar-refractivity contribution in [3.8, 4) is 0 Å². The molecule has 15 heavy (non-hydrogen) atoms. The number of carbonyl (C=O) groups is 1. The van der Waals surface area contributed by atoms with Crippen molar-refractivity contribution in [2.24, 2.45) is 0 Å². The quantitative estimate of drug-likeness (QED) is 0.796. The number of hydrogen-bond acceptors (Lipinski definition) is 2. The third-order valence-corrected chi connectivity index (χ3v) is 2.49. The van der Waals surface area contributed by atoms with Gasteiger partial charge in [-0.2, -0.15) is 0 Å². The van der Waals surface area contributed by atoms with Gasteiger partial charge >= 0.3 is 5.97 Å². The Morgan fingerprint density at radius 1 is 1.47 bits per heavy atom. The molecule has 78 valence electrons. The van der Waals surface area contributed by atoms with E-state index in [-0.39, 0.29) is 5.97 Å². The molecule has 0 bridgehead atoms. The Kier molecular flexibility index (Phi) is 2.64. The number of fused-ring (bicyclic) bond motifs is 1. The molecular weight excluding hydrogens is 214 g/mol. The lowest BCUT2D eigenvalue weighted by molar-refractivity contribution is 0.0522. The van der Waals surface area contributed by atoms with E-state index in [2.05, 4.69) is 4.98 Å². The number of benzene rings is 1. The van der Waals surface area contributed by atoms with Crippen LogP contribution >= 0.6 is 11.6 Å². The zero-order valence-electron chi connectivity index (χ0n) is 8.21. The molecule has 0 unspecified atom stereocenters. The summed E-state index contributed by atoms with van der Waals surface area (Å²) in [6, 6.07) is 5.43. The number of nitrogens with one attached hydrogen (secondary N) is 1. The smallest absolute Gasteiger partial charge is 0.355 e. The molecule has 0 saturated carbocycles. The fourth-order valence-corrected chi connectivity index (χ4v) is 1.73. The van der Waals surface area contributed by atoms with E-state index in [1.54, 1.807) is 25.3 Å². The predicted molar refractivity (Wildman–Crippen MR) is 59.3 cm³/mol. The first kappa shape index (κ1) is 10.1. The lowest BCUT2D eigenvalue weighted by Gasteiger charge is -1.99. The number of rotatable bonds is 2. The Balaban J connectivity index is 2.54. The van der Waals surface area contributed by atoms with Gasteiger partial charge in [0.15, 0.2) is 0 Å². The van der Waals surface area contributed by atoms with Crippen molar-refractivity contribution in [1.82, 2.24) is 4.98 Å². The Bertz CT molecular complexity index is 504. The second kappa shape index (κ2) is 3.95. The van der Waals surface area contributed by atoms with Gasteiger partial charge in [0.2, 0.25) is 0 Å². The molecule has 0 aliphatic rings. The monoisotopic (exact) mass is 223 g/mol. The zero-order valence-corrected chi connectivity index (χ0v) is 8.97. The number of hydrogen-bond donors (Lipinski definition) is 1. The minimum Gasteiger partial charge on any atom is -0.461 e. The fourth-order valence-electron chi connectivity index (χ4n) is 1.50. The maximum atomic E-state index is 11.5. The predicted octanol–water partition coefficient (Wildman–Crippen LogP) is 3.00. The van der Waals surface area contributed by atoms with Gasteiger partial charge in [-0.25, -0.2) is 4.79 Å². The number of carbonyl (C=O) groups excluding carboxylic acids is 1. The first-order valence-electron chi connectivity index (χ1n) is 4.66. The van der Waals surface area contributed by atoms with E-state index in [4.69, 9.17) is 16.3 Å². The molecule has 0 radical (unpaired) electrons. The van der Waals surface area contributed by atoms with Crippen LogP contribution < -0.4 is 0 Å². The minimum atomic E-state index is -0.352. The first-order valence-corrected chi connectivity index (χ1v) is 5.04. The Morgan fingerprint density at radius 2 is 2.27 bits per heavy atom. The molecular formula is C11H10ClNO2. The van der Waals surface area contributed by atoms with Crippen LogP contribution in [-0.4, -0.2) is 17.6 Å². The van der Waals surface area contributed by atoms with Gasteiger partial charge in [0.05, 0.1) is 6.61 Å². The molecule has 0 aliphatic heterocycles. The van der Waals surface area contributed by atoms with Crippen LogP contribution in [0.25, 0.3) is 10.8 Å². The van der Waals surface area contributed by atoms with Crippen molar-refractivity contribution in [3.05, 3.63) is 35.1 Å². The number of H-pyrrole nitrogens is 1. The zero-order chi connectivity index (χ0) is 10.8. The Morgan fingerprint density at radius 3 is 3.00 bits per heavy atom. The van der Waals surface area contributed by atoms with Gasteiger partial charge in [-0.15, -0.1) is 0 Å². The molecule has 0 atom stereocenters. The average Bonchev–Trinajstić information content (AvgIpc) is 2.63. The molecule has 0 saturated heterocycles. The van der Waals surface area contributed by atoms with Gasteiger partial charge in [-0.05, 0) is 13.0 Å². The number of halogens is 1. The molecule has 2 rings (SSSR count). The average molecular weight is 224 g/mol. The van der Waals surface area contributed by atoms with Crippen LogP contribution in [0.15, 0.2) is 24.4 Å². The van der Waals surface area contributed by atoms with Gasteiger partial charge in [0.1, 0.15) is 5.69 Å². The minimum absolute atomic E-state index is 0.352.